The molecular formula is C22H24N6O9S3. The van der Waals surface area contributed by atoms with Crippen LogP contribution in [0.5, 0.6) is 11.8 Å². The fourth-order valence-corrected chi connectivity index (χ4v) is 6.66. The molecule has 0 aliphatic rings. The first kappa shape index (κ1) is 30.4. The summed E-state index contributed by atoms with van der Waals surface area (Å²) in [7, 11) is -7.51. The second-order valence-electron chi connectivity index (χ2n) is 7.50. The Kier molecular flexibility index (Phi) is 9.40. The number of aromatic nitrogens is 2. The molecule has 1 aromatic heterocycles. The normalized spacial score (nSPS) is 12.8. The van der Waals surface area contributed by atoms with E-state index >= 15 is 0 Å². The van der Waals surface area contributed by atoms with E-state index in [-0.39, 0.29) is 22.2 Å². The molecule has 0 saturated carbocycles. The zero-order valence-corrected chi connectivity index (χ0v) is 23.9. The van der Waals surface area contributed by atoms with Gasteiger partial charge in [0, 0.05) is 6.26 Å². The maximum atomic E-state index is 13.5. The van der Waals surface area contributed by atoms with Crippen LogP contribution in [0.4, 0.5) is 5.95 Å². The summed E-state index contributed by atoms with van der Waals surface area (Å²) in [5.74, 6) is -2.70. The highest BCUT2D eigenvalue weighted by Crippen LogP contribution is 2.24. The van der Waals surface area contributed by atoms with Crippen molar-refractivity contribution >= 4 is 48.7 Å². The molecule has 18 heteroatoms. The number of nitrogens with zero attached hydrogens (tertiary/aromatic N) is 4. The number of guanidine groups is 1. The molecule has 0 aliphatic carbocycles. The highest BCUT2D eigenvalue weighted by Gasteiger charge is 2.30. The number of benzene rings is 2. The quantitative estimate of drug-likeness (QED) is 0.138. The minimum Gasteiger partial charge on any atom is -0.481 e. The van der Waals surface area contributed by atoms with E-state index in [2.05, 4.69) is 19.1 Å². The maximum Gasteiger partial charge on any atom is 0.339 e. The first-order valence-electron chi connectivity index (χ1n) is 10.8. The molecule has 0 amide bonds. The van der Waals surface area contributed by atoms with Crippen molar-refractivity contribution in [1.29, 1.82) is 0 Å². The Balaban J connectivity index is 2.23. The first-order valence-corrected chi connectivity index (χ1v) is 15.3. The molecule has 0 spiro atoms. The van der Waals surface area contributed by atoms with Gasteiger partial charge in [0.25, 0.3) is 26.0 Å². The molecule has 15 nitrogen and oxygen atoms in total. The summed E-state index contributed by atoms with van der Waals surface area (Å²) in [5, 5.41) is 0.442. The van der Waals surface area contributed by atoms with Crippen LogP contribution in [0.1, 0.15) is 10.4 Å². The number of ether oxygens (including phenoxy) is 3. The van der Waals surface area contributed by atoms with Crippen molar-refractivity contribution in [2.75, 3.05) is 32.6 Å². The van der Waals surface area contributed by atoms with Crippen molar-refractivity contribution in [2.45, 2.75) is 14.7 Å². The second kappa shape index (κ2) is 12.4. The fourth-order valence-electron chi connectivity index (χ4n) is 3.15. The van der Waals surface area contributed by atoms with Gasteiger partial charge in [-0.15, -0.1) is 9.23 Å². The van der Waals surface area contributed by atoms with Gasteiger partial charge in [0.1, 0.15) is 4.90 Å². The van der Waals surface area contributed by atoms with Gasteiger partial charge in [-0.05, 0) is 24.3 Å². The van der Waals surface area contributed by atoms with Gasteiger partial charge in [-0.3, -0.25) is 4.21 Å². The Morgan fingerprint density at radius 2 is 1.50 bits per heavy atom. The van der Waals surface area contributed by atoms with Crippen LogP contribution in [0.25, 0.3) is 0 Å². The molecule has 0 fully saturated rings. The number of hydrogen-bond donors (Lipinski definition) is 2. The molecule has 0 radical (unpaired) electrons. The lowest BCUT2D eigenvalue weighted by Crippen LogP contribution is -2.51. The van der Waals surface area contributed by atoms with Crippen molar-refractivity contribution in [3.8, 4) is 11.8 Å². The number of methoxy groups -OCH3 is 3. The fraction of sp³-hybridized carbons (Fsp3) is 0.182. The molecule has 0 aliphatic heterocycles. The molecule has 40 heavy (non-hydrogen) atoms. The van der Waals surface area contributed by atoms with E-state index in [0.29, 0.717) is 5.01 Å². The predicted octanol–water partition coefficient (Wildman–Crippen LogP) is 0.421. The van der Waals surface area contributed by atoms with Crippen LogP contribution in [0, 0.1) is 0 Å². The summed E-state index contributed by atoms with van der Waals surface area (Å²) >= 11 is 0. The smallest absolute Gasteiger partial charge is 0.339 e. The highest BCUT2D eigenvalue weighted by atomic mass is 32.2. The van der Waals surface area contributed by atoms with E-state index in [1.807, 2.05) is 4.83 Å². The topological polar surface area (TPSA) is 210 Å². The molecule has 0 bridgehead atoms. The standard InChI is InChI=1S/C22H24N6O9S3/c1-35-18-13-19(36-2)25-22(24-18)28(27-40(33,34)16-11-7-5-9-14(16)20(29)37-3)21(23)26-39(31,32)17-12-8-6-10-15(17)38(4)30/h5-13,27H,1-4H3,(H2,23,26). The first-order chi connectivity index (χ1) is 18.8. The summed E-state index contributed by atoms with van der Waals surface area (Å²) < 4.78 is 83.9. The van der Waals surface area contributed by atoms with Gasteiger partial charge in [-0.25, -0.2) is 13.2 Å². The molecule has 214 valence electrons. The third kappa shape index (κ3) is 6.71. The highest BCUT2D eigenvalue weighted by molar-refractivity contribution is 7.91. The maximum absolute atomic E-state index is 13.5. The summed E-state index contributed by atoms with van der Waals surface area (Å²) in [6.45, 7) is 0. The van der Waals surface area contributed by atoms with E-state index in [1.165, 1.54) is 62.9 Å². The van der Waals surface area contributed by atoms with Crippen LogP contribution in [-0.2, 0) is 35.6 Å². The van der Waals surface area contributed by atoms with Gasteiger partial charge in [0.05, 0.1) is 53.5 Å². The molecule has 3 rings (SSSR count). The van der Waals surface area contributed by atoms with Gasteiger partial charge in [-0.2, -0.15) is 23.4 Å². The molecular weight excluding hydrogens is 588 g/mol. The Bertz CT molecular complexity index is 1670. The van der Waals surface area contributed by atoms with Crippen LogP contribution in [-0.4, -0.2) is 70.5 Å². The minimum atomic E-state index is -4.71. The third-order valence-electron chi connectivity index (χ3n) is 4.96. The van der Waals surface area contributed by atoms with Gasteiger partial charge in [-0.1, -0.05) is 24.3 Å². The summed E-state index contributed by atoms with van der Waals surface area (Å²) in [4.78, 5) is 21.3. The lowest BCUT2D eigenvalue weighted by atomic mass is 10.2. The van der Waals surface area contributed by atoms with E-state index in [0.717, 1.165) is 19.2 Å². The number of carbonyl (C=O) groups excluding carboxylic acids is 1. The Hall–Kier alpha value is -4.13. The van der Waals surface area contributed by atoms with E-state index in [4.69, 9.17) is 15.2 Å². The monoisotopic (exact) mass is 612 g/mol. The minimum absolute atomic E-state index is 0.0579. The second-order valence-corrected chi connectivity index (χ2v) is 12.0. The molecule has 2 aromatic carbocycles. The van der Waals surface area contributed by atoms with Gasteiger partial charge >= 0.3 is 5.97 Å². The number of sulfonamides is 2. The van der Waals surface area contributed by atoms with Crippen LogP contribution < -0.4 is 25.0 Å². The Morgan fingerprint density at radius 1 is 0.950 bits per heavy atom. The molecule has 3 aromatic rings. The van der Waals surface area contributed by atoms with Crippen molar-refractivity contribution in [3.63, 3.8) is 0 Å². The zero-order valence-electron chi connectivity index (χ0n) is 21.5. The molecule has 3 N–H and O–H groups in total. The van der Waals surface area contributed by atoms with Crippen molar-refractivity contribution in [2.24, 2.45) is 10.1 Å². The Morgan fingerprint density at radius 3 is 2.05 bits per heavy atom. The lowest BCUT2D eigenvalue weighted by molar-refractivity contribution is 0.0596. The van der Waals surface area contributed by atoms with Crippen molar-refractivity contribution < 1.29 is 40.0 Å². The SMILES string of the molecule is COC(=O)c1ccccc1S(=O)(=O)NN(C(N)=NS(=O)(=O)c1ccccc1S(C)=O)c1nc(OC)cc(OC)n1. The van der Waals surface area contributed by atoms with E-state index in [1.54, 1.807) is 0 Å². The van der Waals surface area contributed by atoms with Crippen LogP contribution in [0.15, 0.2) is 73.7 Å². The number of hydrogen-bond acceptors (Lipinski definition) is 11. The number of carbonyl (C=O) groups is 1. The number of hydrazine groups is 1. The molecule has 0 saturated heterocycles. The van der Waals surface area contributed by atoms with Gasteiger partial charge < -0.3 is 19.9 Å². The number of anilines is 1. The van der Waals surface area contributed by atoms with E-state index < -0.39 is 58.5 Å². The summed E-state index contributed by atoms with van der Waals surface area (Å²) in [6, 6.07) is 11.7. The van der Waals surface area contributed by atoms with Crippen molar-refractivity contribution in [1.82, 2.24) is 14.8 Å². The summed E-state index contributed by atoms with van der Waals surface area (Å²) in [6.07, 6.45) is 1.27. The zero-order chi connectivity index (χ0) is 29.7. The summed E-state index contributed by atoms with van der Waals surface area (Å²) in [5.41, 5.74) is 5.70. The van der Waals surface area contributed by atoms with Crippen molar-refractivity contribution in [3.05, 3.63) is 60.2 Å². The van der Waals surface area contributed by atoms with Gasteiger partial charge in [0.2, 0.25) is 17.7 Å². The predicted molar refractivity (Wildman–Crippen MR) is 143 cm³/mol. The number of esters is 1. The number of rotatable bonds is 10. The van der Waals surface area contributed by atoms with Crippen LogP contribution in [0.3, 0.4) is 0 Å². The largest absolute Gasteiger partial charge is 0.481 e. The molecule has 1 heterocycles. The Labute approximate surface area is 232 Å². The molecule has 1 atom stereocenters. The molecule has 1 unspecified atom stereocenters. The van der Waals surface area contributed by atoms with E-state index in [9.17, 15) is 25.8 Å². The van der Waals surface area contributed by atoms with Gasteiger partial charge in [0.15, 0.2) is 0 Å². The van der Waals surface area contributed by atoms with Crippen LogP contribution in [0.2, 0.25) is 0 Å². The lowest BCUT2D eigenvalue weighted by Gasteiger charge is -2.23. The number of nitrogens with one attached hydrogen (secondary N) is 1. The number of nitrogens with two attached hydrogens (primary N) is 1. The average molecular weight is 613 g/mol. The average Bonchev–Trinajstić information content (AvgIpc) is 2.94. The van der Waals surface area contributed by atoms with Crippen LogP contribution >= 0.6 is 0 Å². The third-order valence-corrected chi connectivity index (χ3v) is 8.76.